The van der Waals surface area contributed by atoms with Crippen molar-refractivity contribution >= 4 is 5.69 Å². The number of nitrogens with zero attached hydrogens (tertiary/aromatic N) is 1. The second-order valence-electron chi connectivity index (χ2n) is 6.66. The molecule has 1 fully saturated rings. The van der Waals surface area contributed by atoms with Crippen molar-refractivity contribution < 1.29 is 9.66 Å². The summed E-state index contributed by atoms with van der Waals surface area (Å²) in [5.74, 6) is 0.520. The predicted molar refractivity (Wildman–Crippen MR) is 81.0 cm³/mol. The highest BCUT2D eigenvalue weighted by molar-refractivity contribution is 5.36. The molecule has 1 aromatic rings. The Morgan fingerprint density at radius 1 is 1.29 bits per heavy atom. The first kappa shape index (κ1) is 14.3. The Labute approximate surface area is 125 Å². The van der Waals surface area contributed by atoms with Crippen LogP contribution in [0.3, 0.4) is 0 Å². The topological polar surface area (TPSA) is 52.4 Å². The van der Waals surface area contributed by atoms with Crippen LogP contribution in [0.1, 0.15) is 51.7 Å². The summed E-state index contributed by atoms with van der Waals surface area (Å²) in [6, 6.07) is 6.77. The van der Waals surface area contributed by atoms with Gasteiger partial charge in [0, 0.05) is 18.1 Å². The number of rotatable bonds is 2. The Hall–Kier alpha value is -1.68. The van der Waals surface area contributed by atoms with Gasteiger partial charge in [0.1, 0.15) is 0 Å². The molecule has 3 rings (SSSR count). The molecule has 1 saturated heterocycles. The molecule has 1 heterocycles. The van der Waals surface area contributed by atoms with E-state index in [1.165, 1.54) is 24.0 Å². The first-order valence-electron chi connectivity index (χ1n) is 7.49. The molecule has 0 unspecified atom stereocenters. The van der Waals surface area contributed by atoms with Crippen molar-refractivity contribution in [3.8, 4) is 0 Å². The lowest BCUT2D eigenvalue weighted by molar-refractivity contribution is -0.384. The number of ether oxygens (including phenoxy) is 1. The van der Waals surface area contributed by atoms with Crippen LogP contribution in [-0.2, 0) is 4.74 Å². The molecule has 0 radical (unpaired) electrons. The van der Waals surface area contributed by atoms with Crippen molar-refractivity contribution in [1.82, 2.24) is 0 Å². The van der Waals surface area contributed by atoms with Crippen LogP contribution in [0, 0.1) is 16.0 Å². The molecule has 0 bridgehead atoms. The predicted octanol–water partition coefficient (Wildman–Crippen LogP) is 4.56. The van der Waals surface area contributed by atoms with Crippen molar-refractivity contribution in [2.24, 2.45) is 5.92 Å². The molecular formula is C17H21NO3. The zero-order valence-electron chi connectivity index (χ0n) is 12.8. The number of nitro benzene ring substituents is 1. The Kier molecular flexibility index (Phi) is 3.36. The molecule has 1 aromatic carbocycles. The van der Waals surface area contributed by atoms with Crippen molar-refractivity contribution in [3.63, 3.8) is 0 Å². The molecule has 0 N–H and O–H groups in total. The number of hydrogen-bond donors (Lipinski definition) is 0. The van der Waals surface area contributed by atoms with Gasteiger partial charge in [-0.15, -0.1) is 0 Å². The fourth-order valence-corrected chi connectivity index (χ4v) is 3.76. The molecule has 0 aromatic heterocycles. The zero-order chi connectivity index (χ0) is 15.2. The third kappa shape index (κ3) is 2.48. The molecule has 0 amide bonds. The Morgan fingerprint density at radius 3 is 2.57 bits per heavy atom. The lowest BCUT2D eigenvalue weighted by Gasteiger charge is -2.43. The van der Waals surface area contributed by atoms with Crippen molar-refractivity contribution in [2.45, 2.75) is 51.7 Å². The molecular weight excluding hydrogens is 266 g/mol. The van der Waals surface area contributed by atoms with Gasteiger partial charge in [0.2, 0.25) is 0 Å². The minimum absolute atomic E-state index is 0.0000964. The van der Waals surface area contributed by atoms with E-state index in [0.717, 1.165) is 12.0 Å². The Morgan fingerprint density at radius 2 is 1.95 bits per heavy atom. The van der Waals surface area contributed by atoms with Gasteiger partial charge in [-0.1, -0.05) is 11.1 Å². The average Bonchev–Trinajstić information content (AvgIpc) is 2.81. The summed E-state index contributed by atoms with van der Waals surface area (Å²) in [7, 11) is 0. The molecule has 112 valence electrons. The van der Waals surface area contributed by atoms with Gasteiger partial charge in [-0.05, 0) is 57.7 Å². The zero-order valence-corrected chi connectivity index (χ0v) is 12.8. The third-order valence-electron chi connectivity index (χ3n) is 4.94. The highest BCUT2D eigenvalue weighted by atomic mass is 16.6. The van der Waals surface area contributed by atoms with E-state index in [2.05, 4.69) is 20.8 Å². The van der Waals surface area contributed by atoms with E-state index >= 15 is 0 Å². The van der Waals surface area contributed by atoms with E-state index in [1.807, 2.05) is 12.1 Å². The number of non-ortho nitro benzene ring substituents is 1. The van der Waals surface area contributed by atoms with Crippen LogP contribution in [0.4, 0.5) is 5.69 Å². The maximum absolute atomic E-state index is 10.8. The SMILES string of the molecule is CC1=C2C[C@@H](c3ccc([N+](=O)[O-])cc3)OC(C)(C)[C@@H]2CC1. The van der Waals surface area contributed by atoms with Gasteiger partial charge in [-0.2, -0.15) is 0 Å². The molecule has 0 spiro atoms. The van der Waals surface area contributed by atoms with Crippen LogP contribution < -0.4 is 0 Å². The number of benzene rings is 1. The lowest BCUT2D eigenvalue weighted by atomic mass is 9.78. The summed E-state index contributed by atoms with van der Waals surface area (Å²) in [5, 5.41) is 10.8. The van der Waals surface area contributed by atoms with Crippen LogP contribution >= 0.6 is 0 Å². The minimum atomic E-state index is -0.366. The standard InChI is InChI=1S/C17H21NO3/c1-11-4-9-15-14(11)10-16(21-17(15,2)3)12-5-7-13(8-6-12)18(19)20/h5-8,15-16H,4,9-10H2,1-3H3/t15-,16+/m1/s1. The van der Waals surface area contributed by atoms with Gasteiger partial charge < -0.3 is 4.74 Å². The number of hydrogen-bond acceptors (Lipinski definition) is 3. The molecule has 1 aliphatic heterocycles. The molecule has 4 heteroatoms. The summed E-state index contributed by atoms with van der Waals surface area (Å²) >= 11 is 0. The average molecular weight is 287 g/mol. The number of fused-ring (bicyclic) bond motifs is 1. The monoisotopic (exact) mass is 287 g/mol. The molecule has 0 saturated carbocycles. The Balaban J connectivity index is 1.89. The summed E-state index contributed by atoms with van der Waals surface area (Å²) in [6.45, 7) is 6.55. The fourth-order valence-electron chi connectivity index (χ4n) is 3.76. The lowest BCUT2D eigenvalue weighted by Crippen LogP contribution is -2.40. The van der Waals surface area contributed by atoms with Gasteiger partial charge in [0.05, 0.1) is 16.6 Å². The minimum Gasteiger partial charge on any atom is -0.367 e. The van der Waals surface area contributed by atoms with E-state index in [-0.39, 0.29) is 22.3 Å². The maximum atomic E-state index is 10.8. The first-order chi connectivity index (χ1) is 9.88. The first-order valence-corrected chi connectivity index (χ1v) is 7.49. The van der Waals surface area contributed by atoms with Gasteiger partial charge in [-0.25, -0.2) is 0 Å². The largest absolute Gasteiger partial charge is 0.367 e. The van der Waals surface area contributed by atoms with Crippen LogP contribution in [-0.4, -0.2) is 10.5 Å². The van der Waals surface area contributed by atoms with Gasteiger partial charge in [0.25, 0.3) is 5.69 Å². The molecule has 1 aliphatic carbocycles. The van der Waals surface area contributed by atoms with Gasteiger partial charge in [-0.3, -0.25) is 10.1 Å². The van der Waals surface area contributed by atoms with E-state index in [9.17, 15) is 10.1 Å². The summed E-state index contributed by atoms with van der Waals surface area (Å²) in [4.78, 5) is 10.4. The highest BCUT2D eigenvalue weighted by Gasteiger charge is 2.43. The van der Waals surface area contributed by atoms with E-state index < -0.39 is 0 Å². The van der Waals surface area contributed by atoms with E-state index in [0.29, 0.717) is 5.92 Å². The normalized spacial score (nSPS) is 27.6. The molecule has 21 heavy (non-hydrogen) atoms. The molecule has 4 nitrogen and oxygen atoms in total. The van der Waals surface area contributed by atoms with Crippen LogP contribution in [0.25, 0.3) is 0 Å². The van der Waals surface area contributed by atoms with Crippen molar-refractivity contribution in [1.29, 1.82) is 0 Å². The van der Waals surface area contributed by atoms with E-state index in [4.69, 9.17) is 4.74 Å². The van der Waals surface area contributed by atoms with Crippen molar-refractivity contribution in [2.75, 3.05) is 0 Å². The highest BCUT2D eigenvalue weighted by Crippen LogP contribution is 2.50. The fraction of sp³-hybridized carbons (Fsp3) is 0.529. The van der Waals surface area contributed by atoms with Crippen LogP contribution in [0.2, 0.25) is 0 Å². The quantitative estimate of drug-likeness (QED) is 0.455. The summed E-state index contributed by atoms with van der Waals surface area (Å²) < 4.78 is 6.32. The number of allylic oxidation sites excluding steroid dienone is 1. The number of nitro groups is 1. The molecule has 2 aliphatic rings. The van der Waals surface area contributed by atoms with Gasteiger partial charge in [0.15, 0.2) is 0 Å². The second-order valence-corrected chi connectivity index (χ2v) is 6.66. The summed E-state index contributed by atoms with van der Waals surface area (Å²) in [6.07, 6.45) is 3.26. The summed E-state index contributed by atoms with van der Waals surface area (Å²) in [5.41, 5.74) is 4.03. The van der Waals surface area contributed by atoms with E-state index in [1.54, 1.807) is 12.1 Å². The third-order valence-corrected chi connectivity index (χ3v) is 4.94. The maximum Gasteiger partial charge on any atom is 0.269 e. The van der Waals surface area contributed by atoms with Crippen LogP contribution in [0.5, 0.6) is 0 Å². The Bertz CT molecular complexity index is 601. The van der Waals surface area contributed by atoms with Gasteiger partial charge >= 0.3 is 0 Å². The van der Waals surface area contributed by atoms with Crippen molar-refractivity contribution in [3.05, 3.63) is 51.1 Å². The van der Waals surface area contributed by atoms with Crippen LogP contribution in [0.15, 0.2) is 35.4 Å². The molecule has 2 atom stereocenters. The second kappa shape index (κ2) is 4.95. The smallest absolute Gasteiger partial charge is 0.269 e.